The highest BCUT2D eigenvalue weighted by Gasteiger charge is 2.38. The van der Waals surface area contributed by atoms with E-state index in [2.05, 4.69) is 40.4 Å². The molecule has 5 rings (SSSR count). The largest absolute Gasteiger partial charge is 0.508 e. The van der Waals surface area contributed by atoms with E-state index in [1.54, 1.807) is 6.07 Å². The topological polar surface area (TPSA) is 59.6 Å². The zero-order valence-electron chi connectivity index (χ0n) is 18.1. The number of benzene rings is 2. The van der Waals surface area contributed by atoms with E-state index in [1.807, 2.05) is 36.9 Å². The average molecular weight is 416 g/mol. The molecule has 0 fully saturated rings. The Kier molecular flexibility index (Phi) is 5.06. The Morgan fingerprint density at radius 2 is 1.97 bits per heavy atom. The minimum absolute atomic E-state index is 0.185. The summed E-state index contributed by atoms with van der Waals surface area (Å²) in [7, 11) is 0. The lowest BCUT2D eigenvalue weighted by Crippen LogP contribution is -2.48. The van der Waals surface area contributed by atoms with Crippen molar-refractivity contribution in [1.29, 1.82) is 0 Å². The van der Waals surface area contributed by atoms with Gasteiger partial charge < -0.3 is 15.0 Å². The smallest absolute Gasteiger partial charge is 0.230 e. The highest BCUT2D eigenvalue weighted by molar-refractivity contribution is 5.99. The molecule has 0 radical (unpaired) electrons. The third-order valence-electron chi connectivity index (χ3n) is 6.88. The monoisotopic (exact) mass is 415 g/mol. The van der Waals surface area contributed by atoms with Crippen LogP contribution in [-0.2, 0) is 17.8 Å². The molecular weight excluding hydrogens is 386 g/mol. The number of carbonyl (C=O) groups is 1. The van der Waals surface area contributed by atoms with Crippen molar-refractivity contribution in [2.45, 2.75) is 32.9 Å². The van der Waals surface area contributed by atoms with Crippen LogP contribution in [0.3, 0.4) is 0 Å². The van der Waals surface area contributed by atoms with Gasteiger partial charge in [-0.2, -0.15) is 0 Å². The van der Waals surface area contributed by atoms with Crippen molar-refractivity contribution in [1.82, 2.24) is 14.8 Å². The summed E-state index contributed by atoms with van der Waals surface area (Å²) in [6, 6.07) is 14.1. The first-order valence-corrected chi connectivity index (χ1v) is 11.2. The van der Waals surface area contributed by atoms with E-state index in [-0.39, 0.29) is 17.9 Å². The van der Waals surface area contributed by atoms with Crippen molar-refractivity contribution in [3.63, 3.8) is 0 Å². The number of nitrogens with one attached hydrogen (secondary N) is 1. The van der Waals surface area contributed by atoms with Gasteiger partial charge in [0, 0.05) is 54.9 Å². The highest BCUT2D eigenvalue weighted by Crippen LogP contribution is 2.42. The number of H-pyrrole nitrogens is 1. The number of carbonyl (C=O) groups excluding carboxylic acids is 1. The molecule has 1 amide bonds. The molecule has 5 nitrogen and oxygen atoms in total. The minimum Gasteiger partial charge on any atom is -0.508 e. The molecule has 2 aromatic carbocycles. The quantitative estimate of drug-likeness (QED) is 0.657. The van der Waals surface area contributed by atoms with Crippen LogP contribution in [-0.4, -0.2) is 51.5 Å². The van der Waals surface area contributed by atoms with Crippen molar-refractivity contribution >= 4 is 22.4 Å². The molecule has 0 bridgehead atoms. The third-order valence-corrected chi connectivity index (χ3v) is 6.88. The number of nitrogens with zero attached hydrogens (tertiary/aromatic N) is 2. The van der Waals surface area contributed by atoms with Crippen molar-refractivity contribution in [2.24, 2.45) is 5.92 Å². The molecule has 2 heterocycles. The molecular formula is C26H29N3O2. The Bertz CT molecular complexity index is 1160. The van der Waals surface area contributed by atoms with E-state index in [1.165, 1.54) is 22.1 Å². The number of amides is 1. The van der Waals surface area contributed by atoms with Gasteiger partial charge in [0.15, 0.2) is 0 Å². The van der Waals surface area contributed by atoms with Crippen molar-refractivity contribution in [2.75, 3.05) is 19.6 Å². The molecule has 5 heteroatoms. The maximum atomic E-state index is 13.3. The van der Waals surface area contributed by atoms with Crippen LogP contribution in [0.5, 0.6) is 5.75 Å². The van der Waals surface area contributed by atoms with Gasteiger partial charge in [-0.05, 0) is 49.1 Å². The Morgan fingerprint density at radius 3 is 2.74 bits per heavy atom. The maximum absolute atomic E-state index is 13.3. The van der Waals surface area contributed by atoms with Crippen LogP contribution < -0.4 is 0 Å². The lowest BCUT2D eigenvalue weighted by molar-refractivity contribution is -0.134. The summed E-state index contributed by atoms with van der Waals surface area (Å²) in [6.07, 6.45) is 5.25. The van der Waals surface area contributed by atoms with Crippen LogP contribution in [0.15, 0.2) is 54.7 Å². The van der Waals surface area contributed by atoms with E-state index in [0.29, 0.717) is 18.8 Å². The second-order valence-corrected chi connectivity index (χ2v) is 8.56. The highest BCUT2D eigenvalue weighted by atomic mass is 16.3. The standard InChI is InChI=1S/C26H29N3O2/c1-3-28(4-2)26(31)19-12-21-20-9-7-10-22-25(20)18(14-27-22)13-23(21)29(16-19)15-17-8-5-6-11-24(17)30/h5-12,14,19,23,27,30H,3-4,13,15-16H2,1-2H3/t19-,23-/m1/s1. The van der Waals surface area contributed by atoms with Gasteiger partial charge in [0.05, 0.1) is 5.92 Å². The summed E-state index contributed by atoms with van der Waals surface area (Å²) in [4.78, 5) is 21.1. The molecule has 3 aromatic rings. The fourth-order valence-electron chi connectivity index (χ4n) is 5.29. The lowest BCUT2D eigenvalue weighted by atomic mass is 9.79. The predicted octanol–water partition coefficient (Wildman–Crippen LogP) is 4.18. The SMILES string of the molecule is CCN(CC)C(=O)[C@@H]1C=C2c3cccc4[nH]cc(c34)C[C@H]2N(Cc2ccccc2O)C1. The lowest BCUT2D eigenvalue weighted by Gasteiger charge is -2.42. The second kappa shape index (κ2) is 7.89. The van der Waals surface area contributed by atoms with Gasteiger partial charge in [0.1, 0.15) is 5.75 Å². The van der Waals surface area contributed by atoms with Crippen LogP contribution in [0, 0.1) is 5.92 Å². The van der Waals surface area contributed by atoms with Gasteiger partial charge in [0.2, 0.25) is 5.91 Å². The van der Waals surface area contributed by atoms with Gasteiger partial charge in [0.25, 0.3) is 0 Å². The van der Waals surface area contributed by atoms with Crippen LogP contribution in [0.25, 0.3) is 16.5 Å². The van der Waals surface area contributed by atoms with Crippen LogP contribution in [0.4, 0.5) is 0 Å². The third kappa shape index (κ3) is 3.33. The summed E-state index contributed by atoms with van der Waals surface area (Å²) in [5.41, 5.74) is 5.84. The first kappa shape index (κ1) is 19.9. The molecule has 0 saturated heterocycles. The fourth-order valence-corrected chi connectivity index (χ4v) is 5.29. The zero-order chi connectivity index (χ0) is 21.5. The predicted molar refractivity (Wildman–Crippen MR) is 124 cm³/mol. The number of rotatable bonds is 5. The summed E-state index contributed by atoms with van der Waals surface area (Å²) in [6.45, 7) is 6.78. The number of aromatic amines is 1. The second-order valence-electron chi connectivity index (χ2n) is 8.56. The van der Waals surface area contributed by atoms with Gasteiger partial charge in [-0.3, -0.25) is 9.69 Å². The number of hydrogen-bond acceptors (Lipinski definition) is 3. The van der Waals surface area contributed by atoms with E-state index in [4.69, 9.17) is 0 Å². The van der Waals surface area contributed by atoms with E-state index in [9.17, 15) is 9.90 Å². The first-order chi connectivity index (χ1) is 15.1. The number of phenols is 1. The van der Waals surface area contributed by atoms with Crippen LogP contribution >= 0.6 is 0 Å². The Morgan fingerprint density at radius 1 is 1.16 bits per heavy atom. The molecule has 0 unspecified atom stereocenters. The molecule has 1 aliphatic carbocycles. The van der Waals surface area contributed by atoms with Gasteiger partial charge in [-0.1, -0.05) is 36.4 Å². The molecule has 160 valence electrons. The van der Waals surface area contributed by atoms with E-state index < -0.39 is 0 Å². The first-order valence-electron chi connectivity index (χ1n) is 11.2. The Hall–Kier alpha value is -3.05. The van der Waals surface area contributed by atoms with Crippen LogP contribution in [0.1, 0.15) is 30.5 Å². The number of hydrogen-bond donors (Lipinski definition) is 2. The number of phenolic OH excluding ortho intramolecular Hbond substituents is 1. The van der Waals surface area contributed by atoms with E-state index >= 15 is 0 Å². The average Bonchev–Trinajstić information content (AvgIpc) is 3.21. The number of aromatic hydroxyl groups is 1. The Balaban J connectivity index is 1.59. The summed E-state index contributed by atoms with van der Waals surface area (Å²) < 4.78 is 0. The number of aromatic nitrogens is 1. The maximum Gasteiger partial charge on any atom is 0.230 e. The molecule has 2 atom stereocenters. The molecule has 0 saturated carbocycles. The fraction of sp³-hybridized carbons (Fsp3) is 0.346. The molecule has 1 aromatic heterocycles. The molecule has 0 spiro atoms. The molecule has 2 N–H and O–H groups in total. The molecule has 31 heavy (non-hydrogen) atoms. The normalized spacial score (nSPS) is 20.4. The zero-order valence-corrected chi connectivity index (χ0v) is 18.1. The van der Waals surface area contributed by atoms with Gasteiger partial charge >= 0.3 is 0 Å². The molecule has 1 aliphatic heterocycles. The Labute approximate surface area is 183 Å². The number of fused-ring (bicyclic) bond motifs is 2. The molecule has 2 aliphatic rings. The van der Waals surface area contributed by atoms with Crippen LogP contribution in [0.2, 0.25) is 0 Å². The number of para-hydroxylation sites is 1. The van der Waals surface area contributed by atoms with Crippen molar-refractivity contribution in [3.8, 4) is 5.75 Å². The summed E-state index contributed by atoms with van der Waals surface area (Å²) >= 11 is 0. The summed E-state index contributed by atoms with van der Waals surface area (Å²) in [5.74, 6) is 0.309. The van der Waals surface area contributed by atoms with Crippen molar-refractivity contribution < 1.29 is 9.90 Å². The van der Waals surface area contributed by atoms with Crippen molar-refractivity contribution in [3.05, 3.63) is 71.4 Å². The van der Waals surface area contributed by atoms with E-state index in [0.717, 1.165) is 30.6 Å². The van der Waals surface area contributed by atoms with Gasteiger partial charge in [-0.15, -0.1) is 0 Å². The minimum atomic E-state index is -0.187. The van der Waals surface area contributed by atoms with Gasteiger partial charge in [-0.25, -0.2) is 0 Å². The summed E-state index contributed by atoms with van der Waals surface area (Å²) in [5, 5.41) is 11.7.